The first-order valence-corrected chi connectivity index (χ1v) is 6.12. The Hall–Kier alpha value is -2.43. The van der Waals surface area contributed by atoms with E-state index in [0.29, 0.717) is 19.4 Å². The summed E-state index contributed by atoms with van der Waals surface area (Å²) in [6.07, 6.45) is 2.75. The van der Waals surface area contributed by atoms with Crippen LogP contribution in [0.3, 0.4) is 0 Å². The maximum absolute atomic E-state index is 11.7. The molecule has 0 fully saturated rings. The minimum absolute atomic E-state index is 0.00229. The van der Waals surface area contributed by atoms with E-state index in [1.54, 1.807) is 12.3 Å². The SMILES string of the molecule is Nc1ccc(CCC(=O)NCc2cccnn2)cc1. The quantitative estimate of drug-likeness (QED) is 0.790. The van der Waals surface area contributed by atoms with Gasteiger partial charge in [-0.1, -0.05) is 12.1 Å². The zero-order valence-corrected chi connectivity index (χ0v) is 10.5. The van der Waals surface area contributed by atoms with Crippen molar-refractivity contribution in [3.63, 3.8) is 0 Å². The van der Waals surface area contributed by atoms with E-state index in [0.717, 1.165) is 16.9 Å². The molecule has 0 saturated heterocycles. The number of nitrogens with one attached hydrogen (secondary N) is 1. The van der Waals surface area contributed by atoms with Gasteiger partial charge in [-0.2, -0.15) is 10.2 Å². The molecule has 2 rings (SSSR count). The second kappa shape index (κ2) is 6.49. The Morgan fingerprint density at radius 3 is 2.68 bits per heavy atom. The van der Waals surface area contributed by atoms with Gasteiger partial charge in [0, 0.05) is 18.3 Å². The number of carbonyl (C=O) groups is 1. The summed E-state index contributed by atoms with van der Waals surface area (Å²) in [5.74, 6) is 0.00229. The van der Waals surface area contributed by atoms with Gasteiger partial charge in [0.1, 0.15) is 0 Å². The smallest absolute Gasteiger partial charge is 0.220 e. The predicted octanol–water partition coefficient (Wildman–Crippen LogP) is 1.31. The first kappa shape index (κ1) is 13.0. The molecule has 1 amide bonds. The highest BCUT2D eigenvalue weighted by molar-refractivity contribution is 5.76. The first-order chi connectivity index (χ1) is 9.24. The lowest BCUT2D eigenvalue weighted by molar-refractivity contribution is -0.121. The third kappa shape index (κ3) is 4.39. The van der Waals surface area contributed by atoms with E-state index in [2.05, 4.69) is 15.5 Å². The minimum Gasteiger partial charge on any atom is -0.399 e. The Morgan fingerprint density at radius 2 is 2.00 bits per heavy atom. The molecule has 5 heteroatoms. The molecular formula is C14H16N4O. The van der Waals surface area contributed by atoms with Gasteiger partial charge in [-0.3, -0.25) is 4.79 Å². The summed E-state index contributed by atoms with van der Waals surface area (Å²) in [5.41, 5.74) is 8.19. The van der Waals surface area contributed by atoms with Gasteiger partial charge < -0.3 is 11.1 Å². The molecule has 98 valence electrons. The Bertz CT molecular complexity index is 525. The molecule has 0 aliphatic heterocycles. The topological polar surface area (TPSA) is 80.9 Å². The highest BCUT2D eigenvalue weighted by atomic mass is 16.1. The number of hydrogen-bond acceptors (Lipinski definition) is 4. The van der Waals surface area contributed by atoms with E-state index in [1.807, 2.05) is 30.3 Å². The van der Waals surface area contributed by atoms with Crippen LogP contribution in [0.5, 0.6) is 0 Å². The summed E-state index contributed by atoms with van der Waals surface area (Å²) >= 11 is 0. The normalized spacial score (nSPS) is 10.1. The van der Waals surface area contributed by atoms with Gasteiger partial charge in [-0.15, -0.1) is 0 Å². The van der Waals surface area contributed by atoms with Crippen molar-refractivity contribution in [1.82, 2.24) is 15.5 Å². The van der Waals surface area contributed by atoms with Crippen molar-refractivity contribution in [2.45, 2.75) is 19.4 Å². The summed E-state index contributed by atoms with van der Waals surface area (Å²) in [7, 11) is 0. The van der Waals surface area contributed by atoms with Gasteiger partial charge in [0.2, 0.25) is 5.91 Å². The Kier molecular flexibility index (Phi) is 4.44. The molecule has 2 aromatic rings. The lowest BCUT2D eigenvalue weighted by Gasteiger charge is -2.04. The van der Waals surface area contributed by atoms with Crippen LogP contribution in [-0.2, 0) is 17.8 Å². The molecule has 1 aromatic heterocycles. The summed E-state index contributed by atoms with van der Waals surface area (Å²) < 4.78 is 0. The molecule has 5 nitrogen and oxygen atoms in total. The number of nitrogen functional groups attached to an aromatic ring is 1. The maximum atomic E-state index is 11.7. The monoisotopic (exact) mass is 256 g/mol. The number of nitrogens with zero attached hydrogens (tertiary/aromatic N) is 2. The van der Waals surface area contributed by atoms with Gasteiger partial charge in [0.15, 0.2) is 0 Å². The number of anilines is 1. The van der Waals surface area contributed by atoms with E-state index in [1.165, 1.54) is 0 Å². The summed E-state index contributed by atoms with van der Waals surface area (Å²) in [6.45, 7) is 0.411. The third-order valence-electron chi connectivity index (χ3n) is 2.71. The molecule has 0 spiro atoms. The third-order valence-corrected chi connectivity index (χ3v) is 2.71. The molecule has 0 atom stereocenters. The number of carbonyl (C=O) groups excluding carboxylic acids is 1. The maximum Gasteiger partial charge on any atom is 0.220 e. The fourth-order valence-corrected chi connectivity index (χ4v) is 1.65. The second-order valence-electron chi connectivity index (χ2n) is 4.23. The van der Waals surface area contributed by atoms with Crippen LogP contribution in [0.15, 0.2) is 42.6 Å². The molecule has 19 heavy (non-hydrogen) atoms. The Morgan fingerprint density at radius 1 is 1.21 bits per heavy atom. The molecule has 0 saturated carbocycles. The second-order valence-corrected chi connectivity index (χ2v) is 4.23. The fraction of sp³-hybridized carbons (Fsp3) is 0.214. The molecule has 0 unspecified atom stereocenters. The van der Waals surface area contributed by atoms with Crippen molar-refractivity contribution in [3.8, 4) is 0 Å². The van der Waals surface area contributed by atoms with Crippen LogP contribution in [0.1, 0.15) is 17.7 Å². The number of nitrogens with two attached hydrogens (primary N) is 1. The Balaban J connectivity index is 1.74. The van der Waals surface area contributed by atoms with Crippen LogP contribution in [-0.4, -0.2) is 16.1 Å². The molecule has 3 N–H and O–H groups in total. The standard InChI is InChI=1S/C14H16N4O/c15-12-6-3-11(4-7-12)5-8-14(19)16-10-13-2-1-9-17-18-13/h1-4,6-7,9H,5,8,10,15H2,(H,16,19). The van der Waals surface area contributed by atoms with Crippen molar-refractivity contribution < 1.29 is 4.79 Å². The van der Waals surface area contributed by atoms with Crippen molar-refractivity contribution >= 4 is 11.6 Å². The summed E-state index contributed by atoms with van der Waals surface area (Å²) in [4.78, 5) is 11.7. The van der Waals surface area contributed by atoms with Crippen LogP contribution in [0.2, 0.25) is 0 Å². The van der Waals surface area contributed by atoms with Gasteiger partial charge in [-0.05, 0) is 36.2 Å². The minimum atomic E-state index is 0.00229. The molecule has 0 aliphatic rings. The molecule has 0 aliphatic carbocycles. The summed E-state index contributed by atoms with van der Waals surface area (Å²) in [6, 6.07) is 11.2. The van der Waals surface area contributed by atoms with Gasteiger partial charge >= 0.3 is 0 Å². The number of rotatable bonds is 5. The van der Waals surface area contributed by atoms with Gasteiger partial charge in [0.05, 0.1) is 12.2 Å². The van der Waals surface area contributed by atoms with Gasteiger partial charge in [-0.25, -0.2) is 0 Å². The van der Waals surface area contributed by atoms with Crippen molar-refractivity contribution in [3.05, 3.63) is 53.9 Å². The van der Waals surface area contributed by atoms with E-state index in [9.17, 15) is 4.79 Å². The Labute approximate surface area is 111 Å². The van der Waals surface area contributed by atoms with Crippen molar-refractivity contribution in [2.24, 2.45) is 0 Å². The van der Waals surface area contributed by atoms with Crippen LogP contribution < -0.4 is 11.1 Å². The number of aryl methyl sites for hydroxylation is 1. The molecule has 1 heterocycles. The average Bonchev–Trinajstić information content (AvgIpc) is 2.45. The number of benzene rings is 1. The molecule has 0 bridgehead atoms. The predicted molar refractivity (Wildman–Crippen MR) is 73.1 cm³/mol. The molecule has 0 radical (unpaired) electrons. The fourth-order valence-electron chi connectivity index (χ4n) is 1.65. The zero-order valence-electron chi connectivity index (χ0n) is 10.5. The van der Waals surface area contributed by atoms with E-state index in [-0.39, 0.29) is 5.91 Å². The lowest BCUT2D eigenvalue weighted by atomic mass is 10.1. The highest BCUT2D eigenvalue weighted by Gasteiger charge is 2.03. The average molecular weight is 256 g/mol. The largest absolute Gasteiger partial charge is 0.399 e. The van der Waals surface area contributed by atoms with E-state index in [4.69, 9.17) is 5.73 Å². The van der Waals surface area contributed by atoms with Crippen LogP contribution in [0.25, 0.3) is 0 Å². The zero-order chi connectivity index (χ0) is 13.5. The molecular weight excluding hydrogens is 240 g/mol. The van der Waals surface area contributed by atoms with E-state index >= 15 is 0 Å². The van der Waals surface area contributed by atoms with Crippen molar-refractivity contribution in [1.29, 1.82) is 0 Å². The number of hydrogen-bond donors (Lipinski definition) is 2. The van der Waals surface area contributed by atoms with Gasteiger partial charge in [0.25, 0.3) is 0 Å². The summed E-state index contributed by atoms with van der Waals surface area (Å²) in [5, 5.41) is 10.5. The number of aromatic nitrogens is 2. The van der Waals surface area contributed by atoms with Crippen molar-refractivity contribution in [2.75, 3.05) is 5.73 Å². The highest BCUT2D eigenvalue weighted by Crippen LogP contribution is 2.07. The first-order valence-electron chi connectivity index (χ1n) is 6.12. The van der Waals surface area contributed by atoms with E-state index < -0.39 is 0 Å². The molecule has 1 aromatic carbocycles. The lowest BCUT2D eigenvalue weighted by Crippen LogP contribution is -2.23. The van der Waals surface area contributed by atoms with Crippen LogP contribution in [0, 0.1) is 0 Å². The van der Waals surface area contributed by atoms with Crippen LogP contribution >= 0.6 is 0 Å². The van der Waals surface area contributed by atoms with Crippen LogP contribution in [0.4, 0.5) is 5.69 Å². The number of amides is 1.